The van der Waals surface area contributed by atoms with Gasteiger partial charge in [0.15, 0.2) is 0 Å². The molecule has 4 nitrogen and oxygen atoms in total. The average molecular weight is 181 g/mol. The molecule has 0 unspecified atom stereocenters. The fraction of sp³-hybridized carbons (Fsp3) is 0.667. The lowest BCUT2D eigenvalue weighted by Gasteiger charge is -2.27. The molecule has 1 aliphatic heterocycles. The molecule has 1 aromatic heterocycles. The Bertz CT molecular complexity index is 308. The van der Waals surface area contributed by atoms with Gasteiger partial charge in [-0.25, -0.2) is 0 Å². The number of aromatic nitrogens is 2. The predicted octanol–water partition coefficient (Wildman–Crippen LogP) is 0.700. The quantitative estimate of drug-likeness (QED) is 0.670. The van der Waals surface area contributed by atoms with E-state index in [0.717, 1.165) is 17.8 Å². The van der Waals surface area contributed by atoms with Crippen molar-refractivity contribution in [1.29, 1.82) is 0 Å². The SMILES string of the molecule is C[C@H]1C[C@@H](CO)c2cnn(C)c2N1. The van der Waals surface area contributed by atoms with Crippen LogP contribution in [-0.2, 0) is 7.05 Å². The molecule has 2 N–H and O–H groups in total. The van der Waals surface area contributed by atoms with Crippen LogP contribution in [0.25, 0.3) is 0 Å². The summed E-state index contributed by atoms with van der Waals surface area (Å²) in [6.45, 7) is 2.34. The van der Waals surface area contributed by atoms with E-state index in [4.69, 9.17) is 0 Å². The van der Waals surface area contributed by atoms with Crippen LogP contribution in [0.4, 0.5) is 5.82 Å². The maximum Gasteiger partial charge on any atom is 0.127 e. The van der Waals surface area contributed by atoms with Crippen LogP contribution in [0.15, 0.2) is 6.20 Å². The molecule has 1 aromatic rings. The molecule has 0 saturated heterocycles. The highest BCUT2D eigenvalue weighted by Crippen LogP contribution is 2.32. The van der Waals surface area contributed by atoms with Crippen molar-refractivity contribution in [2.75, 3.05) is 11.9 Å². The van der Waals surface area contributed by atoms with Gasteiger partial charge in [0.1, 0.15) is 5.82 Å². The minimum Gasteiger partial charge on any atom is -0.396 e. The molecule has 1 aliphatic rings. The molecule has 0 aliphatic carbocycles. The number of nitrogens with one attached hydrogen (secondary N) is 1. The minimum absolute atomic E-state index is 0.213. The van der Waals surface area contributed by atoms with Crippen LogP contribution in [0.1, 0.15) is 24.8 Å². The molecular formula is C9H15N3O. The van der Waals surface area contributed by atoms with Gasteiger partial charge in [0.25, 0.3) is 0 Å². The van der Waals surface area contributed by atoms with Gasteiger partial charge in [-0.2, -0.15) is 5.10 Å². The molecule has 0 amide bonds. The van der Waals surface area contributed by atoms with E-state index in [9.17, 15) is 5.11 Å². The van der Waals surface area contributed by atoms with Crippen LogP contribution in [-0.4, -0.2) is 27.5 Å². The molecule has 13 heavy (non-hydrogen) atoms. The highest BCUT2D eigenvalue weighted by atomic mass is 16.3. The number of fused-ring (bicyclic) bond motifs is 1. The number of nitrogens with zero attached hydrogens (tertiary/aromatic N) is 2. The summed E-state index contributed by atoms with van der Waals surface area (Å²) in [5.74, 6) is 1.30. The molecule has 0 spiro atoms. The van der Waals surface area contributed by atoms with Crippen LogP contribution < -0.4 is 5.32 Å². The third-order valence-corrected chi connectivity index (χ3v) is 2.65. The topological polar surface area (TPSA) is 50.1 Å². The Hall–Kier alpha value is -1.03. The van der Waals surface area contributed by atoms with E-state index in [2.05, 4.69) is 17.3 Å². The number of hydrogen-bond donors (Lipinski definition) is 2. The van der Waals surface area contributed by atoms with Crippen molar-refractivity contribution in [2.45, 2.75) is 25.3 Å². The highest BCUT2D eigenvalue weighted by molar-refractivity contribution is 5.49. The second-order valence-electron chi connectivity index (χ2n) is 3.73. The molecule has 2 heterocycles. The van der Waals surface area contributed by atoms with Gasteiger partial charge in [0.05, 0.1) is 12.8 Å². The summed E-state index contributed by atoms with van der Waals surface area (Å²) in [7, 11) is 1.91. The van der Waals surface area contributed by atoms with Gasteiger partial charge in [-0.15, -0.1) is 0 Å². The summed E-state index contributed by atoms with van der Waals surface area (Å²) in [5.41, 5.74) is 1.14. The highest BCUT2D eigenvalue weighted by Gasteiger charge is 2.26. The van der Waals surface area contributed by atoms with E-state index in [-0.39, 0.29) is 12.5 Å². The Morgan fingerprint density at radius 1 is 1.77 bits per heavy atom. The van der Waals surface area contributed by atoms with Gasteiger partial charge in [-0.1, -0.05) is 0 Å². The van der Waals surface area contributed by atoms with Crippen LogP contribution in [0, 0.1) is 0 Å². The molecule has 0 fully saturated rings. The van der Waals surface area contributed by atoms with Crippen molar-refractivity contribution >= 4 is 5.82 Å². The predicted molar refractivity (Wildman–Crippen MR) is 50.7 cm³/mol. The summed E-state index contributed by atoms with van der Waals surface area (Å²) in [6, 6.07) is 0.417. The largest absolute Gasteiger partial charge is 0.396 e. The van der Waals surface area contributed by atoms with Crippen LogP contribution in [0.2, 0.25) is 0 Å². The van der Waals surface area contributed by atoms with Crippen LogP contribution in [0.5, 0.6) is 0 Å². The van der Waals surface area contributed by atoms with E-state index in [1.807, 2.05) is 17.9 Å². The first-order chi connectivity index (χ1) is 6.22. The maximum absolute atomic E-state index is 9.20. The Labute approximate surface area is 77.6 Å². The Morgan fingerprint density at radius 2 is 2.54 bits per heavy atom. The molecule has 0 saturated carbocycles. The Balaban J connectivity index is 2.38. The number of aliphatic hydroxyl groups is 1. The van der Waals surface area contributed by atoms with E-state index in [1.54, 1.807) is 0 Å². The number of rotatable bonds is 1. The van der Waals surface area contributed by atoms with Crippen molar-refractivity contribution in [2.24, 2.45) is 7.05 Å². The van der Waals surface area contributed by atoms with Gasteiger partial charge in [0, 0.05) is 24.6 Å². The molecule has 2 rings (SSSR count). The van der Waals surface area contributed by atoms with E-state index in [1.165, 1.54) is 0 Å². The molecule has 0 bridgehead atoms. The molecule has 0 aromatic carbocycles. The molecular weight excluding hydrogens is 166 g/mol. The third-order valence-electron chi connectivity index (χ3n) is 2.65. The Kier molecular flexibility index (Phi) is 2.00. The first-order valence-electron chi connectivity index (χ1n) is 4.61. The number of aliphatic hydroxyl groups excluding tert-OH is 1. The number of aryl methyl sites for hydroxylation is 1. The second-order valence-corrected chi connectivity index (χ2v) is 3.73. The standard InChI is InChI=1S/C9H15N3O/c1-6-3-7(5-13)8-4-10-12(2)9(8)11-6/h4,6-7,11,13H,3,5H2,1-2H3/t6-,7-/m0/s1. The smallest absolute Gasteiger partial charge is 0.127 e. The second kappa shape index (κ2) is 3.03. The average Bonchev–Trinajstić information content (AvgIpc) is 2.47. The van der Waals surface area contributed by atoms with E-state index >= 15 is 0 Å². The zero-order valence-electron chi connectivity index (χ0n) is 7.99. The molecule has 4 heteroatoms. The molecule has 72 valence electrons. The zero-order chi connectivity index (χ0) is 9.42. The monoisotopic (exact) mass is 181 g/mol. The van der Waals surface area contributed by atoms with Gasteiger partial charge in [0.2, 0.25) is 0 Å². The summed E-state index contributed by atoms with van der Waals surface area (Å²) in [6.07, 6.45) is 2.82. The van der Waals surface area contributed by atoms with Crippen molar-refractivity contribution in [3.8, 4) is 0 Å². The lowest BCUT2D eigenvalue weighted by Crippen LogP contribution is -2.27. The van der Waals surface area contributed by atoms with Crippen molar-refractivity contribution < 1.29 is 5.11 Å². The number of anilines is 1. The van der Waals surface area contributed by atoms with Gasteiger partial charge in [-0.05, 0) is 13.3 Å². The fourth-order valence-electron chi connectivity index (χ4n) is 1.95. The van der Waals surface area contributed by atoms with Crippen molar-refractivity contribution in [3.63, 3.8) is 0 Å². The van der Waals surface area contributed by atoms with Gasteiger partial charge < -0.3 is 10.4 Å². The lowest BCUT2D eigenvalue weighted by molar-refractivity contribution is 0.253. The molecule has 0 radical (unpaired) electrons. The first kappa shape index (κ1) is 8.56. The summed E-state index contributed by atoms with van der Waals surface area (Å²) in [4.78, 5) is 0. The normalized spacial score (nSPS) is 26.7. The fourth-order valence-corrected chi connectivity index (χ4v) is 1.95. The van der Waals surface area contributed by atoms with Crippen LogP contribution in [0.3, 0.4) is 0 Å². The first-order valence-corrected chi connectivity index (χ1v) is 4.61. The number of hydrogen-bond acceptors (Lipinski definition) is 3. The summed E-state index contributed by atoms with van der Waals surface area (Å²) < 4.78 is 1.83. The minimum atomic E-state index is 0.213. The van der Waals surface area contributed by atoms with Gasteiger partial charge >= 0.3 is 0 Å². The van der Waals surface area contributed by atoms with Crippen molar-refractivity contribution in [3.05, 3.63) is 11.8 Å². The summed E-state index contributed by atoms with van der Waals surface area (Å²) in [5, 5.41) is 16.7. The van der Waals surface area contributed by atoms with Crippen molar-refractivity contribution in [1.82, 2.24) is 9.78 Å². The van der Waals surface area contributed by atoms with Gasteiger partial charge in [-0.3, -0.25) is 4.68 Å². The third kappa shape index (κ3) is 1.31. The Morgan fingerprint density at radius 3 is 3.23 bits per heavy atom. The van der Waals surface area contributed by atoms with E-state index < -0.39 is 0 Å². The molecule has 2 atom stereocenters. The lowest BCUT2D eigenvalue weighted by atomic mass is 9.91. The zero-order valence-corrected chi connectivity index (χ0v) is 7.99. The van der Waals surface area contributed by atoms with E-state index in [0.29, 0.717) is 6.04 Å². The summed E-state index contributed by atoms with van der Waals surface area (Å²) >= 11 is 0. The maximum atomic E-state index is 9.20. The van der Waals surface area contributed by atoms with Crippen LogP contribution >= 0.6 is 0 Å².